The molecule has 4 aromatic rings. The van der Waals surface area contributed by atoms with Crippen LogP contribution in [0.3, 0.4) is 0 Å². The number of alkyl halides is 2. The highest BCUT2D eigenvalue weighted by atomic mass is 32.2. The van der Waals surface area contributed by atoms with E-state index in [4.69, 9.17) is 18.7 Å². The van der Waals surface area contributed by atoms with Crippen molar-refractivity contribution in [3.05, 3.63) is 41.6 Å². The third-order valence-electron chi connectivity index (χ3n) is 7.01. The van der Waals surface area contributed by atoms with Gasteiger partial charge in [0.1, 0.15) is 17.2 Å². The van der Waals surface area contributed by atoms with Crippen molar-refractivity contribution in [2.75, 3.05) is 44.5 Å². The standard InChI is InChI=1S/C26H28F2N6O6S/c1-37-20-8-16-19(9-18(20)29-23-10-17(30-31-23)15-4-5-15)40-32-25(16)33-41(35,36)24-21(38-2)6-14(7-22(24)39-3)11-34-12-26(27,28)13-34/h6-10,15H,4-5,11-13H2,1-3H3,(H,32,33)(H2,29,30,31). The summed E-state index contributed by atoms with van der Waals surface area (Å²) >= 11 is 0. The second-order valence-electron chi connectivity index (χ2n) is 10.1. The quantitative estimate of drug-likeness (QED) is 0.229. The molecule has 0 amide bonds. The number of nitrogens with one attached hydrogen (secondary N) is 3. The van der Waals surface area contributed by atoms with Crippen molar-refractivity contribution in [1.82, 2.24) is 20.3 Å². The Hall–Kier alpha value is -4.11. The first kappa shape index (κ1) is 27.1. The molecule has 41 heavy (non-hydrogen) atoms. The lowest BCUT2D eigenvalue weighted by Crippen LogP contribution is -2.55. The summed E-state index contributed by atoms with van der Waals surface area (Å²) in [5, 5.41) is 14.8. The Morgan fingerprint density at radius 2 is 1.73 bits per heavy atom. The van der Waals surface area contributed by atoms with Crippen LogP contribution in [-0.2, 0) is 16.6 Å². The fourth-order valence-electron chi connectivity index (χ4n) is 4.89. The zero-order valence-electron chi connectivity index (χ0n) is 22.5. The summed E-state index contributed by atoms with van der Waals surface area (Å²) in [6.45, 7) is -0.564. The van der Waals surface area contributed by atoms with Crippen LogP contribution in [0, 0.1) is 0 Å². The van der Waals surface area contributed by atoms with Gasteiger partial charge >= 0.3 is 0 Å². The molecule has 2 aromatic heterocycles. The number of methoxy groups -OCH3 is 3. The summed E-state index contributed by atoms with van der Waals surface area (Å²) in [7, 11) is -0.206. The molecule has 1 aliphatic heterocycles. The molecule has 1 saturated heterocycles. The highest BCUT2D eigenvalue weighted by Crippen LogP contribution is 2.42. The average molecular weight is 591 g/mol. The van der Waals surface area contributed by atoms with Crippen LogP contribution in [0.15, 0.2) is 39.8 Å². The molecule has 0 unspecified atom stereocenters. The number of aromatic nitrogens is 3. The van der Waals surface area contributed by atoms with E-state index in [-0.39, 0.29) is 41.8 Å². The number of H-pyrrole nitrogens is 1. The average Bonchev–Trinajstić information content (AvgIpc) is 3.56. The molecule has 1 aliphatic carbocycles. The van der Waals surface area contributed by atoms with E-state index in [0.29, 0.717) is 39.7 Å². The van der Waals surface area contributed by atoms with Gasteiger partial charge in [-0.1, -0.05) is 5.16 Å². The first-order valence-electron chi connectivity index (χ1n) is 12.8. The number of rotatable bonds is 11. The first-order valence-corrected chi connectivity index (χ1v) is 14.2. The van der Waals surface area contributed by atoms with Gasteiger partial charge in [-0.2, -0.15) is 5.10 Å². The van der Waals surface area contributed by atoms with Crippen molar-refractivity contribution >= 4 is 38.3 Å². The van der Waals surface area contributed by atoms with Gasteiger partial charge < -0.3 is 24.1 Å². The molecule has 6 rings (SSSR count). The number of nitrogens with zero attached hydrogens (tertiary/aromatic N) is 3. The van der Waals surface area contributed by atoms with Crippen LogP contribution in [0.25, 0.3) is 11.0 Å². The van der Waals surface area contributed by atoms with Crippen LogP contribution in [0.2, 0.25) is 0 Å². The Bertz CT molecular complexity index is 1690. The van der Waals surface area contributed by atoms with E-state index in [9.17, 15) is 17.2 Å². The predicted octanol–water partition coefficient (Wildman–Crippen LogP) is 4.45. The minimum absolute atomic E-state index is 0.0134. The molecule has 1 saturated carbocycles. The van der Waals surface area contributed by atoms with E-state index in [1.807, 2.05) is 6.07 Å². The van der Waals surface area contributed by atoms with Crippen LogP contribution < -0.4 is 24.2 Å². The Balaban J connectivity index is 1.28. The molecule has 2 fully saturated rings. The van der Waals surface area contributed by atoms with Gasteiger partial charge in [0.2, 0.25) is 0 Å². The van der Waals surface area contributed by atoms with Gasteiger partial charge in [0, 0.05) is 30.3 Å². The SMILES string of the molecule is COc1cc2c(NS(=O)(=O)c3c(OC)cc(CN4CC(F)(F)C4)cc3OC)noc2cc1Nc1cc(C2CC2)[nH]n1. The first-order chi connectivity index (χ1) is 19.6. The number of hydrogen-bond acceptors (Lipinski definition) is 10. The van der Waals surface area contributed by atoms with E-state index in [1.165, 1.54) is 38.4 Å². The monoisotopic (exact) mass is 590 g/mol. The Kier molecular flexibility index (Phi) is 6.65. The number of sulfonamides is 1. The summed E-state index contributed by atoms with van der Waals surface area (Å²) in [5.74, 6) is -1.30. The Morgan fingerprint density at radius 1 is 1.05 bits per heavy atom. The molecule has 218 valence electrons. The number of ether oxygens (including phenoxy) is 3. The fourth-order valence-corrected chi connectivity index (χ4v) is 6.21. The van der Waals surface area contributed by atoms with E-state index in [0.717, 1.165) is 18.5 Å². The predicted molar refractivity (Wildman–Crippen MR) is 145 cm³/mol. The molecule has 12 nitrogen and oxygen atoms in total. The molecule has 0 spiro atoms. The highest BCUT2D eigenvalue weighted by Gasteiger charge is 2.43. The van der Waals surface area contributed by atoms with Crippen molar-refractivity contribution in [1.29, 1.82) is 0 Å². The topological polar surface area (TPSA) is 144 Å². The van der Waals surface area contributed by atoms with Crippen LogP contribution in [0.4, 0.5) is 26.1 Å². The maximum absolute atomic E-state index is 13.6. The van der Waals surface area contributed by atoms with Gasteiger partial charge in [-0.25, -0.2) is 17.2 Å². The van der Waals surface area contributed by atoms with E-state index in [2.05, 4.69) is 25.4 Å². The van der Waals surface area contributed by atoms with Crippen LogP contribution in [-0.4, -0.2) is 69.0 Å². The molecule has 15 heteroatoms. The maximum atomic E-state index is 13.6. The molecule has 2 aromatic carbocycles. The second-order valence-corrected chi connectivity index (χ2v) is 11.7. The zero-order chi connectivity index (χ0) is 28.9. The van der Waals surface area contributed by atoms with Crippen LogP contribution in [0.5, 0.6) is 17.2 Å². The fraction of sp³-hybridized carbons (Fsp3) is 0.385. The summed E-state index contributed by atoms with van der Waals surface area (Å²) in [4.78, 5) is 1.27. The number of anilines is 3. The van der Waals surface area contributed by atoms with Gasteiger partial charge in [-0.05, 0) is 36.6 Å². The summed E-state index contributed by atoms with van der Waals surface area (Å²) in [6, 6.07) is 8.14. The van der Waals surface area contributed by atoms with E-state index in [1.54, 1.807) is 12.1 Å². The molecule has 0 bridgehead atoms. The lowest BCUT2D eigenvalue weighted by atomic mass is 10.1. The van der Waals surface area contributed by atoms with E-state index >= 15 is 0 Å². The number of fused-ring (bicyclic) bond motifs is 1. The summed E-state index contributed by atoms with van der Waals surface area (Å²) in [6.07, 6.45) is 2.27. The molecule has 3 N–H and O–H groups in total. The molecule has 3 heterocycles. The second kappa shape index (κ2) is 10.1. The minimum atomic E-state index is -4.32. The van der Waals surface area contributed by atoms with Gasteiger partial charge in [0.05, 0.1) is 45.5 Å². The molecular formula is C26H28F2N6O6S. The largest absolute Gasteiger partial charge is 0.495 e. The molecule has 2 aliphatic rings. The van der Waals surface area contributed by atoms with Crippen molar-refractivity contribution in [3.8, 4) is 17.2 Å². The normalized spacial score (nSPS) is 16.8. The Morgan fingerprint density at radius 3 is 2.34 bits per heavy atom. The minimum Gasteiger partial charge on any atom is -0.495 e. The molecular weight excluding hydrogens is 562 g/mol. The van der Waals surface area contributed by atoms with Gasteiger partial charge in [-0.15, -0.1) is 0 Å². The number of likely N-dealkylation sites (tertiary alicyclic amines) is 1. The molecule has 0 atom stereocenters. The van der Waals surface area contributed by atoms with Gasteiger partial charge in [0.15, 0.2) is 22.1 Å². The number of hydrogen-bond donors (Lipinski definition) is 3. The van der Waals surface area contributed by atoms with Gasteiger partial charge in [0.25, 0.3) is 15.9 Å². The lowest BCUT2D eigenvalue weighted by molar-refractivity contribution is -0.133. The molecule has 0 radical (unpaired) electrons. The Labute approximate surface area is 234 Å². The van der Waals surface area contributed by atoms with Gasteiger partial charge in [-0.3, -0.25) is 14.7 Å². The summed E-state index contributed by atoms with van der Waals surface area (Å²) < 4.78 is 77.9. The summed E-state index contributed by atoms with van der Waals surface area (Å²) in [5.41, 5.74) is 2.47. The van der Waals surface area contributed by atoms with Crippen molar-refractivity contribution < 1.29 is 35.9 Å². The number of benzene rings is 2. The van der Waals surface area contributed by atoms with Crippen molar-refractivity contribution in [3.63, 3.8) is 0 Å². The van der Waals surface area contributed by atoms with E-state index < -0.39 is 15.9 Å². The van der Waals surface area contributed by atoms with Crippen LogP contribution in [0.1, 0.15) is 30.0 Å². The third-order valence-corrected chi connectivity index (χ3v) is 8.41. The van der Waals surface area contributed by atoms with Crippen molar-refractivity contribution in [2.24, 2.45) is 0 Å². The highest BCUT2D eigenvalue weighted by molar-refractivity contribution is 7.93. The van der Waals surface area contributed by atoms with Crippen LogP contribution >= 0.6 is 0 Å². The maximum Gasteiger partial charge on any atom is 0.272 e. The lowest BCUT2D eigenvalue weighted by Gasteiger charge is -2.38. The third kappa shape index (κ3) is 5.34. The van der Waals surface area contributed by atoms with Crippen molar-refractivity contribution in [2.45, 2.75) is 36.1 Å². The smallest absolute Gasteiger partial charge is 0.272 e. The number of halogens is 2. The number of aromatic amines is 1. The zero-order valence-corrected chi connectivity index (χ0v) is 23.3.